The van der Waals surface area contributed by atoms with E-state index >= 15 is 0 Å². The van der Waals surface area contributed by atoms with Crippen LogP contribution in [0.4, 0.5) is 15.8 Å². The van der Waals surface area contributed by atoms with Gasteiger partial charge in [-0.25, -0.2) is 4.39 Å². The lowest BCUT2D eigenvalue weighted by molar-refractivity contribution is -0.117. The Bertz CT molecular complexity index is 1280. The smallest absolute Gasteiger partial charge is 0.257 e. The Morgan fingerprint density at radius 2 is 1.44 bits per heavy atom. The molecule has 2 N–H and O–H groups in total. The van der Waals surface area contributed by atoms with Gasteiger partial charge < -0.3 is 10.6 Å². The second-order valence-corrected chi connectivity index (χ2v) is 10.7. The monoisotopic (exact) mass is 578 g/mol. The molecular weight excluding hydrogens is 568 g/mol. The molecule has 1 fully saturated rings. The highest BCUT2D eigenvalue weighted by molar-refractivity contribution is 6.53. The molecule has 34 heavy (non-hydrogen) atoms. The van der Waals surface area contributed by atoms with E-state index in [-0.39, 0.29) is 21.3 Å². The zero-order chi connectivity index (χ0) is 24.8. The van der Waals surface area contributed by atoms with Gasteiger partial charge in [-0.15, -0.1) is 23.2 Å². The van der Waals surface area contributed by atoms with Crippen molar-refractivity contribution in [2.24, 2.45) is 5.92 Å². The van der Waals surface area contributed by atoms with E-state index in [0.717, 1.165) is 0 Å². The number of benzene rings is 3. The topological polar surface area (TPSA) is 58.2 Å². The summed E-state index contributed by atoms with van der Waals surface area (Å²) in [5.41, 5.74) is 1.16. The molecule has 1 aliphatic carbocycles. The molecule has 1 aliphatic rings. The Labute approximate surface area is 224 Å². The maximum Gasteiger partial charge on any atom is 0.257 e. The minimum Gasteiger partial charge on any atom is -0.324 e. The third-order valence-electron chi connectivity index (χ3n) is 5.24. The van der Waals surface area contributed by atoms with Gasteiger partial charge in [-0.1, -0.05) is 46.4 Å². The summed E-state index contributed by atoms with van der Waals surface area (Å²) in [5, 5.41) is 6.19. The van der Waals surface area contributed by atoms with E-state index in [1.54, 1.807) is 18.2 Å². The molecule has 11 heteroatoms. The van der Waals surface area contributed by atoms with Gasteiger partial charge >= 0.3 is 0 Å². The predicted octanol–water partition coefficient (Wildman–Crippen LogP) is 8.22. The van der Waals surface area contributed by atoms with E-state index < -0.39 is 33.8 Å². The summed E-state index contributed by atoms with van der Waals surface area (Å²) in [6.07, 6.45) is 0. The van der Waals surface area contributed by atoms with Crippen molar-refractivity contribution in [2.75, 3.05) is 10.6 Å². The maximum absolute atomic E-state index is 13.1. The van der Waals surface area contributed by atoms with E-state index in [1.165, 1.54) is 36.4 Å². The predicted molar refractivity (Wildman–Crippen MR) is 137 cm³/mol. The van der Waals surface area contributed by atoms with Crippen LogP contribution < -0.4 is 10.6 Å². The van der Waals surface area contributed by atoms with Crippen molar-refractivity contribution < 1.29 is 14.0 Å². The molecule has 0 aliphatic heterocycles. The molecule has 4 rings (SSSR count). The third-order valence-corrected chi connectivity index (χ3v) is 7.24. The van der Waals surface area contributed by atoms with Crippen molar-refractivity contribution in [1.82, 2.24) is 0 Å². The second-order valence-electron chi connectivity index (χ2n) is 7.59. The summed E-state index contributed by atoms with van der Waals surface area (Å²) in [4.78, 5) is 25.7. The summed E-state index contributed by atoms with van der Waals surface area (Å²) in [7, 11) is 0. The molecule has 176 valence electrons. The van der Waals surface area contributed by atoms with Gasteiger partial charge in [0.2, 0.25) is 5.91 Å². The number of carbonyl (C=O) groups excluding carboxylic acids is 2. The van der Waals surface area contributed by atoms with Crippen molar-refractivity contribution in [1.29, 1.82) is 0 Å². The fraction of sp³-hybridized carbons (Fsp3) is 0.130. The van der Waals surface area contributed by atoms with Gasteiger partial charge in [-0.05, 0) is 60.2 Å². The number of anilines is 2. The van der Waals surface area contributed by atoms with Crippen LogP contribution in [0.25, 0.3) is 0 Å². The van der Waals surface area contributed by atoms with Crippen LogP contribution in [-0.4, -0.2) is 16.1 Å². The summed E-state index contributed by atoms with van der Waals surface area (Å²) in [6, 6.07) is 12.7. The highest BCUT2D eigenvalue weighted by Gasteiger charge is 2.67. The largest absolute Gasteiger partial charge is 0.324 e. The van der Waals surface area contributed by atoms with E-state index in [4.69, 9.17) is 69.6 Å². The summed E-state index contributed by atoms with van der Waals surface area (Å²) in [6.45, 7) is 0. The molecule has 0 unspecified atom stereocenters. The van der Waals surface area contributed by atoms with Gasteiger partial charge in [0.15, 0.2) is 0 Å². The van der Waals surface area contributed by atoms with Gasteiger partial charge in [0.25, 0.3) is 5.91 Å². The highest BCUT2D eigenvalue weighted by atomic mass is 35.5. The Morgan fingerprint density at radius 3 is 2.06 bits per heavy atom. The minimum absolute atomic E-state index is 0.0441. The van der Waals surface area contributed by atoms with Crippen LogP contribution >= 0.6 is 69.6 Å². The van der Waals surface area contributed by atoms with E-state index in [1.807, 2.05) is 0 Å². The molecule has 2 amide bonds. The molecule has 4 nitrogen and oxygen atoms in total. The van der Waals surface area contributed by atoms with Gasteiger partial charge in [0, 0.05) is 21.7 Å². The van der Waals surface area contributed by atoms with Crippen LogP contribution in [0.1, 0.15) is 21.8 Å². The van der Waals surface area contributed by atoms with E-state index in [9.17, 15) is 14.0 Å². The first-order chi connectivity index (χ1) is 16.0. The number of alkyl halides is 2. The summed E-state index contributed by atoms with van der Waals surface area (Å²) < 4.78 is 11.7. The standard InChI is InChI=1S/C23H13Cl6FN2O2/c24-11-5-10(6-12(25)7-11)19-20(23(19,28)29)22(34)32-18-8-15(16(26)9-17(18)27)21(33)31-14-3-1-13(30)2-4-14/h1-9,19-20H,(H,31,33)(H,32,34)/t19-,20+/m1/s1. The molecule has 2 atom stereocenters. The molecule has 0 aromatic heterocycles. The van der Waals surface area contributed by atoms with Crippen molar-refractivity contribution in [3.63, 3.8) is 0 Å². The Morgan fingerprint density at radius 1 is 0.824 bits per heavy atom. The number of hydrogen-bond donors (Lipinski definition) is 2. The second kappa shape index (κ2) is 9.73. The molecular formula is C23H13Cl6FN2O2. The zero-order valence-electron chi connectivity index (χ0n) is 16.8. The zero-order valence-corrected chi connectivity index (χ0v) is 21.3. The van der Waals surface area contributed by atoms with Crippen LogP contribution in [0.3, 0.4) is 0 Å². The van der Waals surface area contributed by atoms with Crippen LogP contribution in [0, 0.1) is 11.7 Å². The molecule has 1 saturated carbocycles. The summed E-state index contributed by atoms with van der Waals surface area (Å²) >= 11 is 37.4. The van der Waals surface area contributed by atoms with Gasteiger partial charge in [0.05, 0.1) is 27.2 Å². The van der Waals surface area contributed by atoms with E-state index in [0.29, 0.717) is 21.3 Å². The number of carbonyl (C=O) groups is 2. The van der Waals surface area contributed by atoms with Gasteiger partial charge in [-0.3, -0.25) is 9.59 Å². The lowest BCUT2D eigenvalue weighted by Gasteiger charge is -2.12. The lowest BCUT2D eigenvalue weighted by atomic mass is 10.1. The summed E-state index contributed by atoms with van der Waals surface area (Å²) in [5.74, 6) is -2.92. The molecule has 0 spiro atoms. The van der Waals surface area contributed by atoms with Crippen molar-refractivity contribution >= 4 is 92.8 Å². The molecule has 0 saturated heterocycles. The molecule has 0 radical (unpaired) electrons. The first kappa shape index (κ1) is 25.4. The van der Waals surface area contributed by atoms with Crippen molar-refractivity contribution in [2.45, 2.75) is 10.3 Å². The third kappa shape index (κ3) is 5.25. The van der Waals surface area contributed by atoms with Crippen molar-refractivity contribution in [3.05, 3.63) is 91.6 Å². The number of halogens is 7. The maximum atomic E-state index is 13.1. The Balaban J connectivity index is 1.55. The fourth-order valence-electron chi connectivity index (χ4n) is 3.58. The normalized spacial score (nSPS) is 18.3. The first-order valence-electron chi connectivity index (χ1n) is 9.68. The first-order valence-corrected chi connectivity index (χ1v) is 11.9. The number of rotatable bonds is 5. The molecule has 3 aromatic rings. The average Bonchev–Trinajstić information content (AvgIpc) is 3.33. The van der Waals surface area contributed by atoms with E-state index in [2.05, 4.69) is 10.6 Å². The van der Waals surface area contributed by atoms with Crippen LogP contribution in [0.5, 0.6) is 0 Å². The molecule has 0 heterocycles. The van der Waals surface area contributed by atoms with Crippen molar-refractivity contribution in [3.8, 4) is 0 Å². The number of hydrogen-bond acceptors (Lipinski definition) is 2. The van der Waals surface area contributed by atoms with Crippen LogP contribution in [-0.2, 0) is 4.79 Å². The Kier molecular flexibility index (Phi) is 7.26. The fourth-order valence-corrected chi connectivity index (χ4v) is 5.47. The Hall–Kier alpha value is -1.73. The number of amides is 2. The van der Waals surface area contributed by atoms with Gasteiger partial charge in [-0.2, -0.15) is 0 Å². The van der Waals surface area contributed by atoms with Crippen LogP contribution in [0.15, 0.2) is 54.6 Å². The SMILES string of the molecule is O=C(Nc1ccc(F)cc1)c1cc(NC(=O)[C@@H]2[C@@H](c3cc(Cl)cc(Cl)c3)C2(Cl)Cl)c(Cl)cc1Cl. The lowest BCUT2D eigenvalue weighted by Crippen LogP contribution is -2.18. The van der Waals surface area contributed by atoms with Crippen LogP contribution in [0.2, 0.25) is 20.1 Å². The average molecular weight is 581 g/mol. The number of nitrogens with one attached hydrogen (secondary N) is 2. The minimum atomic E-state index is -1.39. The quantitative estimate of drug-likeness (QED) is 0.299. The molecule has 0 bridgehead atoms. The molecule has 3 aromatic carbocycles. The highest BCUT2D eigenvalue weighted by Crippen LogP contribution is 2.65. The van der Waals surface area contributed by atoms with Gasteiger partial charge in [0.1, 0.15) is 10.2 Å².